The number of aromatic nitrogens is 2. The number of aromatic amines is 1. The second kappa shape index (κ2) is 31.0. The van der Waals surface area contributed by atoms with Crippen LogP contribution in [0.25, 0.3) is 0 Å². The number of carboxylic acid groups (broad SMARTS) is 1. The minimum absolute atomic E-state index is 0.0133. The van der Waals surface area contributed by atoms with E-state index >= 15 is 0 Å². The first kappa shape index (κ1) is 59.8. The van der Waals surface area contributed by atoms with Gasteiger partial charge in [-0.2, -0.15) is 0 Å². The Bertz CT molecular complexity index is 2100. The van der Waals surface area contributed by atoms with E-state index in [1.165, 1.54) is 36.8 Å². The Balaban J connectivity index is 2.41. The summed E-state index contributed by atoms with van der Waals surface area (Å²) >= 11 is 0. The first-order chi connectivity index (χ1) is 33.5. The van der Waals surface area contributed by atoms with E-state index in [9.17, 15) is 53.4 Å². The minimum atomic E-state index is -1.76. The highest BCUT2D eigenvalue weighted by molar-refractivity contribution is 5.98. The SMILES string of the molecule is CC[C@H](C)[C@H](N)C(=O)N[C@@H](CC(C)C)C(=O)NCC(=O)N[C@@H](Cc1cnc[nH]1)C(=O)N[C@@H](CCCN=C(N)N)C(=O)N[C@@H](CC(N)=O)C(=O)N[C@@H](Cc1ccc(O)cc1)C(=O)N[C@@H](CCCCN)C(=O)O. The number of phenolic OH excluding ortho intramolecular Hbond substituents is 1. The van der Waals surface area contributed by atoms with Crippen LogP contribution in [-0.2, 0) is 56.0 Å². The zero-order chi connectivity index (χ0) is 53.2. The van der Waals surface area contributed by atoms with Crippen molar-refractivity contribution in [3.8, 4) is 5.75 Å². The smallest absolute Gasteiger partial charge is 0.326 e. The zero-order valence-corrected chi connectivity index (χ0v) is 40.7. The summed E-state index contributed by atoms with van der Waals surface area (Å²) in [5, 5.41) is 37.2. The van der Waals surface area contributed by atoms with Crippen LogP contribution in [0, 0.1) is 11.8 Å². The van der Waals surface area contributed by atoms with Crippen LogP contribution in [0.3, 0.4) is 0 Å². The predicted octanol–water partition coefficient (Wildman–Crippen LogP) is -3.51. The number of primary amides is 1. The minimum Gasteiger partial charge on any atom is -0.508 e. The third-order valence-electron chi connectivity index (χ3n) is 11.1. The van der Waals surface area contributed by atoms with Crippen LogP contribution in [-0.4, -0.2) is 141 Å². The number of nitrogens with one attached hydrogen (secondary N) is 8. The third kappa shape index (κ3) is 22.7. The van der Waals surface area contributed by atoms with Crippen LogP contribution in [0.1, 0.15) is 90.3 Å². The number of amides is 8. The van der Waals surface area contributed by atoms with E-state index in [0.29, 0.717) is 30.5 Å². The molecule has 0 fully saturated rings. The Kier molecular flexibility index (Phi) is 26.1. The van der Waals surface area contributed by atoms with Crippen LogP contribution in [0.2, 0.25) is 0 Å². The van der Waals surface area contributed by atoms with Crippen molar-refractivity contribution in [3.05, 3.63) is 48.0 Å². The van der Waals surface area contributed by atoms with Gasteiger partial charge in [0.05, 0.1) is 25.3 Å². The lowest BCUT2D eigenvalue weighted by Crippen LogP contribution is -2.60. The molecule has 0 saturated heterocycles. The van der Waals surface area contributed by atoms with Crippen molar-refractivity contribution in [2.24, 2.45) is 45.5 Å². The summed E-state index contributed by atoms with van der Waals surface area (Å²) in [5.41, 5.74) is 28.9. The van der Waals surface area contributed by atoms with Crippen molar-refractivity contribution in [2.45, 2.75) is 134 Å². The lowest BCUT2D eigenvalue weighted by molar-refractivity contribution is -0.142. The number of aliphatic imine (C=N–C) groups is 1. The topological polar surface area (TPSA) is 449 Å². The summed E-state index contributed by atoms with van der Waals surface area (Å²) in [4.78, 5) is 131. The normalized spacial score (nSPS) is 14.4. The molecule has 71 heavy (non-hydrogen) atoms. The standard InChI is InChI=1S/C45H73N15O11/c1-5-25(4)37(48)43(69)60-31(17-24(2)3)38(64)53-22-36(63)55-33(19-27-21-51-23-54-27)41(67)56-29(10-8-16-52-45(49)50)39(65)59-34(20-35(47)62)42(68)58-32(18-26-11-13-28(61)14-12-26)40(66)57-30(44(70)71)9-6-7-15-46/h11-14,21,23-25,29-34,37,61H,5-10,15-20,22,46,48H2,1-4H3,(H2,47,62)(H,51,54)(H,53,64)(H,55,63)(H,56,67)(H,57,66)(H,58,68)(H,59,65)(H,60,69)(H,70,71)(H4,49,50,52)/t25-,29-,30-,31-,32-,33-,34-,37-/m0/s1. The molecular formula is C45H73N15O11. The number of aromatic hydroxyl groups is 1. The molecule has 1 heterocycles. The fourth-order valence-electron chi connectivity index (χ4n) is 6.94. The number of hydrogen-bond donors (Lipinski definition) is 15. The molecule has 2 rings (SSSR count). The van der Waals surface area contributed by atoms with Crippen LogP contribution in [0.4, 0.5) is 0 Å². The van der Waals surface area contributed by atoms with E-state index in [2.05, 4.69) is 52.2 Å². The zero-order valence-electron chi connectivity index (χ0n) is 40.7. The summed E-state index contributed by atoms with van der Waals surface area (Å²) in [6.07, 6.45) is 3.12. The molecule has 1 aromatic carbocycles. The molecule has 1 aromatic heterocycles. The van der Waals surface area contributed by atoms with Gasteiger partial charge in [0.15, 0.2) is 5.96 Å². The first-order valence-electron chi connectivity index (χ1n) is 23.4. The van der Waals surface area contributed by atoms with Gasteiger partial charge in [0.2, 0.25) is 47.3 Å². The maximum atomic E-state index is 14.1. The molecule has 8 atom stereocenters. The predicted molar refractivity (Wildman–Crippen MR) is 260 cm³/mol. The molecule has 0 radical (unpaired) electrons. The van der Waals surface area contributed by atoms with Crippen molar-refractivity contribution in [1.82, 2.24) is 47.2 Å². The second-order valence-corrected chi connectivity index (χ2v) is 17.6. The Morgan fingerprint density at radius 2 is 1.27 bits per heavy atom. The van der Waals surface area contributed by atoms with Crippen LogP contribution in [0.15, 0.2) is 41.8 Å². The van der Waals surface area contributed by atoms with E-state index in [1.807, 2.05) is 20.8 Å². The van der Waals surface area contributed by atoms with Gasteiger partial charge in [-0.15, -0.1) is 0 Å². The summed E-state index contributed by atoms with van der Waals surface area (Å²) in [7, 11) is 0. The summed E-state index contributed by atoms with van der Waals surface area (Å²) in [6, 6.07) is -3.84. The maximum absolute atomic E-state index is 14.1. The van der Waals surface area contributed by atoms with Crippen molar-refractivity contribution < 1.29 is 53.4 Å². The number of aliphatic carboxylic acids is 1. The Morgan fingerprint density at radius 3 is 1.83 bits per heavy atom. The molecule has 0 unspecified atom stereocenters. The number of carboxylic acids is 1. The van der Waals surface area contributed by atoms with Crippen molar-refractivity contribution in [1.29, 1.82) is 0 Å². The van der Waals surface area contributed by atoms with E-state index in [-0.39, 0.29) is 75.2 Å². The van der Waals surface area contributed by atoms with Crippen LogP contribution < -0.4 is 65.9 Å². The third-order valence-corrected chi connectivity index (χ3v) is 11.1. The van der Waals surface area contributed by atoms with E-state index in [0.717, 1.165) is 0 Å². The highest BCUT2D eigenvalue weighted by Crippen LogP contribution is 2.14. The second-order valence-electron chi connectivity index (χ2n) is 17.6. The van der Waals surface area contributed by atoms with Gasteiger partial charge < -0.3 is 81.1 Å². The molecule has 0 saturated carbocycles. The number of imidazole rings is 1. The molecule has 8 amide bonds. The molecule has 394 valence electrons. The number of rotatable bonds is 33. The van der Waals surface area contributed by atoms with Gasteiger partial charge in [0, 0.05) is 31.3 Å². The number of H-pyrrole nitrogens is 1. The Labute approximate surface area is 412 Å². The molecule has 0 aliphatic heterocycles. The molecule has 26 nitrogen and oxygen atoms in total. The number of benzene rings is 1. The van der Waals surface area contributed by atoms with Crippen molar-refractivity contribution in [2.75, 3.05) is 19.6 Å². The fraction of sp³-hybridized carbons (Fsp3) is 0.578. The number of unbranched alkanes of at least 4 members (excludes halogenated alkanes) is 1. The molecule has 26 heteroatoms. The number of phenols is 1. The summed E-state index contributed by atoms with van der Waals surface area (Å²) in [5.74, 6) is -8.91. The van der Waals surface area contributed by atoms with Crippen LogP contribution >= 0.6 is 0 Å². The summed E-state index contributed by atoms with van der Waals surface area (Å²) < 4.78 is 0. The van der Waals surface area contributed by atoms with Gasteiger partial charge in [0.25, 0.3) is 0 Å². The van der Waals surface area contributed by atoms with Gasteiger partial charge in [0.1, 0.15) is 42.0 Å². The van der Waals surface area contributed by atoms with Gasteiger partial charge in [-0.05, 0) is 74.6 Å². The molecule has 0 spiro atoms. The lowest BCUT2D eigenvalue weighted by Gasteiger charge is -2.27. The molecule has 0 bridgehead atoms. The molecular weight excluding hydrogens is 927 g/mol. The highest BCUT2D eigenvalue weighted by Gasteiger charge is 2.34. The molecule has 0 aliphatic carbocycles. The fourth-order valence-corrected chi connectivity index (χ4v) is 6.94. The average molecular weight is 1000 g/mol. The lowest BCUT2D eigenvalue weighted by atomic mass is 9.97. The number of guanidine groups is 1. The van der Waals surface area contributed by atoms with Crippen LogP contribution in [0.5, 0.6) is 5.75 Å². The number of nitrogens with two attached hydrogens (primary N) is 5. The first-order valence-corrected chi connectivity index (χ1v) is 23.4. The molecule has 0 aliphatic rings. The number of hydrogen-bond acceptors (Lipinski definition) is 14. The Morgan fingerprint density at radius 1 is 0.704 bits per heavy atom. The quantitative estimate of drug-likeness (QED) is 0.0187. The van der Waals surface area contributed by atoms with E-state index in [1.54, 1.807) is 6.92 Å². The summed E-state index contributed by atoms with van der Waals surface area (Å²) in [6.45, 7) is 7.02. The molecule has 2 aromatic rings. The largest absolute Gasteiger partial charge is 0.508 e. The van der Waals surface area contributed by atoms with E-state index in [4.69, 9.17) is 28.7 Å². The highest BCUT2D eigenvalue weighted by atomic mass is 16.4. The Hall–Kier alpha value is -7.35. The maximum Gasteiger partial charge on any atom is 0.326 e. The number of nitrogens with zero attached hydrogens (tertiary/aromatic N) is 2. The average Bonchev–Trinajstić information content (AvgIpc) is 3.83. The molecule has 20 N–H and O–H groups in total. The van der Waals surface area contributed by atoms with E-state index < -0.39 is 108 Å². The van der Waals surface area contributed by atoms with Crippen molar-refractivity contribution >= 4 is 59.2 Å². The van der Waals surface area contributed by atoms with Gasteiger partial charge in [-0.1, -0.05) is 46.2 Å². The van der Waals surface area contributed by atoms with Gasteiger partial charge >= 0.3 is 5.97 Å². The van der Waals surface area contributed by atoms with Crippen molar-refractivity contribution in [3.63, 3.8) is 0 Å². The number of carbonyl (C=O) groups excluding carboxylic acids is 8. The van der Waals surface area contributed by atoms with Gasteiger partial charge in [-0.3, -0.25) is 43.3 Å². The van der Waals surface area contributed by atoms with Gasteiger partial charge in [-0.25, -0.2) is 9.78 Å². The monoisotopic (exact) mass is 1000 g/mol. The number of carbonyl (C=O) groups is 9.